The summed E-state index contributed by atoms with van der Waals surface area (Å²) in [5.41, 5.74) is 0.932. The van der Waals surface area contributed by atoms with E-state index in [1.54, 1.807) is 0 Å². The summed E-state index contributed by atoms with van der Waals surface area (Å²) in [6.07, 6.45) is 0. The molecule has 0 aliphatic rings. The van der Waals surface area contributed by atoms with E-state index in [1.807, 2.05) is 103 Å². The van der Waals surface area contributed by atoms with Crippen molar-refractivity contribution >= 4 is 75.4 Å². The van der Waals surface area contributed by atoms with Crippen LogP contribution in [0.3, 0.4) is 0 Å². The highest BCUT2D eigenvalue weighted by Gasteiger charge is 2.18. The van der Waals surface area contributed by atoms with Gasteiger partial charge in [-0.1, -0.05) is 170 Å². The molecule has 0 saturated heterocycles. The van der Waals surface area contributed by atoms with Crippen molar-refractivity contribution in [2.45, 2.75) is 0 Å². The van der Waals surface area contributed by atoms with Crippen LogP contribution in [0.5, 0.6) is 0 Å². The Hall–Kier alpha value is -6.24. The van der Waals surface area contributed by atoms with Crippen molar-refractivity contribution in [2.24, 2.45) is 0 Å². The number of rotatable bonds is 3. The third-order valence-corrected chi connectivity index (χ3v) is 9.97. The second-order valence-electron chi connectivity index (χ2n) is 12.4. The Balaban J connectivity index is 1.29. The molecule has 11 rings (SSSR count). The topological polar surface area (TPSA) is 0 Å². The van der Waals surface area contributed by atoms with Crippen LogP contribution in [-0.4, -0.2) is 0 Å². The third-order valence-electron chi connectivity index (χ3n) is 9.97. The quantitative estimate of drug-likeness (QED) is 0.174. The smallest absolute Gasteiger partial charge is 0.0616 e. The fraction of sp³-hybridized carbons (Fsp3) is 0. The molecule has 220 valence electrons. The molecular formula is C48H28. The Morgan fingerprint density at radius 2 is 0.771 bits per heavy atom. The summed E-state index contributed by atoms with van der Waals surface area (Å²) in [4.78, 5) is 0. The van der Waals surface area contributed by atoms with Crippen molar-refractivity contribution in [3.05, 3.63) is 170 Å². The van der Waals surface area contributed by atoms with E-state index in [2.05, 4.69) is 6.07 Å². The van der Waals surface area contributed by atoms with Gasteiger partial charge in [-0.15, -0.1) is 0 Å². The molecular weight excluding hydrogens is 577 g/mol. The van der Waals surface area contributed by atoms with Crippen LogP contribution in [0.4, 0.5) is 0 Å². The van der Waals surface area contributed by atoms with Gasteiger partial charge in [-0.05, 0) is 109 Å². The van der Waals surface area contributed by atoms with Crippen LogP contribution < -0.4 is 0 Å². The first-order valence-electron chi connectivity index (χ1n) is 21.0. The zero-order valence-electron chi connectivity index (χ0n) is 35.4. The molecule has 0 aromatic heterocycles. The highest BCUT2D eigenvalue weighted by molar-refractivity contribution is 6.27. The standard InChI is InChI=1S/C48H28/c1-2-10-39-29(5-1)19-26-42(40-25-21-37-18-16-32-7-4-9-34-23-28-43(40)48(37)45(32)34)46(39)35-13-11-30(12-14-35)38-24-20-36-17-15-31-6-3-8-33-22-27-41(38)47(36)44(31)33/h1-28H/i1D,2D,5D,10D,11D,12D,13D,14D,19D,26D. The third kappa shape index (κ3) is 3.55. The molecule has 0 N–H and O–H groups in total. The first-order chi connectivity index (χ1) is 28.0. The van der Waals surface area contributed by atoms with Gasteiger partial charge in [-0.2, -0.15) is 0 Å². The first kappa shape index (κ1) is 18.2. The van der Waals surface area contributed by atoms with Gasteiger partial charge in [0.05, 0.1) is 13.7 Å². The largest absolute Gasteiger partial charge is 0.0630 e. The maximum atomic E-state index is 9.70. The van der Waals surface area contributed by atoms with E-state index < -0.39 is 42.3 Å². The van der Waals surface area contributed by atoms with Crippen molar-refractivity contribution in [3.8, 4) is 33.4 Å². The SMILES string of the molecule is [2H]c1c([2H])c(-c2c(-c3ccc4ccc5cccc6ccc3c4c56)c([2H])c([2H])c3c([2H])c([2H])c([2H])c([2H])c23)c([2H])c([2H])c1-c1ccc2ccc3cccc4ccc1c2c34. The first-order valence-corrected chi connectivity index (χ1v) is 16.0. The summed E-state index contributed by atoms with van der Waals surface area (Å²) < 4.78 is 92.8. The van der Waals surface area contributed by atoms with Crippen molar-refractivity contribution in [1.29, 1.82) is 0 Å². The molecule has 0 aliphatic carbocycles. The van der Waals surface area contributed by atoms with Gasteiger partial charge in [0, 0.05) is 0 Å². The van der Waals surface area contributed by atoms with Gasteiger partial charge < -0.3 is 0 Å². The number of fused-ring (bicyclic) bond motifs is 1. The molecule has 0 fully saturated rings. The summed E-state index contributed by atoms with van der Waals surface area (Å²) in [5, 5.41) is 11.1. The Bertz CT molecular complexity index is 3570. The lowest BCUT2D eigenvalue weighted by Gasteiger charge is -2.18. The van der Waals surface area contributed by atoms with Crippen molar-refractivity contribution in [2.75, 3.05) is 0 Å². The van der Waals surface area contributed by atoms with Crippen LogP contribution in [0.25, 0.3) is 109 Å². The normalized spacial score (nSPS) is 15.1. The average Bonchev–Trinajstić information content (AvgIpc) is 3.24. The molecule has 0 heterocycles. The minimum absolute atomic E-state index is 0.0445. The molecule has 0 radical (unpaired) electrons. The zero-order chi connectivity index (χ0) is 40.0. The maximum Gasteiger partial charge on any atom is 0.0630 e. The van der Waals surface area contributed by atoms with E-state index in [0.29, 0.717) is 11.1 Å². The van der Waals surface area contributed by atoms with Crippen LogP contribution in [0, 0.1) is 0 Å². The number of hydrogen-bond acceptors (Lipinski definition) is 0. The molecule has 0 heteroatoms. The second-order valence-corrected chi connectivity index (χ2v) is 12.4. The van der Waals surface area contributed by atoms with Crippen LogP contribution >= 0.6 is 0 Å². The Kier molecular flexibility index (Phi) is 3.65. The van der Waals surface area contributed by atoms with Gasteiger partial charge in [-0.25, -0.2) is 0 Å². The average molecular weight is 615 g/mol. The summed E-state index contributed by atoms with van der Waals surface area (Å²) in [6, 6.07) is 31.2. The molecule has 0 aliphatic heterocycles. The molecule has 11 aromatic carbocycles. The predicted molar refractivity (Wildman–Crippen MR) is 208 cm³/mol. The minimum atomic E-state index is -0.573. The lowest BCUT2D eigenvalue weighted by molar-refractivity contribution is 1.62. The number of benzene rings is 11. The van der Waals surface area contributed by atoms with Crippen molar-refractivity contribution in [1.82, 2.24) is 0 Å². The van der Waals surface area contributed by atoms with Crippen LogP contribution in [0.1, 0.15) is 13.7 Å². The van der Waals surface area contributed by atoms with Crippen LogP contribution in [-0.2, 0) is 0 Å². The summed E-state index contributed by atoms with van der Waals surface area (Å²) >= 11 is 0. The lowest BCUT2D eigenvalue weighted by Crippen LogP contribution is -1.91. The monoisotopic (exact) mass is 614 g/mol. The van der Waals surface area contributed by atoms with Crippen molar-refractivity contribution in [3.63, 3.8) is 0 Å². The predicted octanol–water partition coefficient (Wildman–Crippen LogP) is 13.6. The molecule has 0 saturated carbocycles. The van der Waals surface area contributed by atoms with E-state index >= 15 is 0 Å². The van der Waals surface area contributed by atoms with E-state index in [9.17, 15) is 9.60 Å². The lowest BCUT2D eigenvalue weighted by atomic mass is 9.85. The van der Waals surface area contributed by atoms with Crippen molar-refractivity contribution < 1.29 is 13.7 Å². The van der Waals surface area contributed by atoms with Gasteiger partial charge in [0.1, 0.15) is 0 Å². The Morgan fingerprint density at radius 1 is 0.292 bits per heavy atom. The molecule has 0 bridgehead atoms. The van der Waals surface area contributed by atoms with E-state index in [1.165, 1.54) is 0 Å². The Labute approximate surface area is 291 Å². The zero-order valence-corrected chi connectivity index (χ0v) is 25.4. The number of hydrogen-bond donors (Lipinski definition) is 0. The van der Waals surface area contributed by atoms with Crippen LogP contribution in [0.15, 0.2) is 170 Å². The van der Waals surface area contributed by atoms with Gasteiger partial charge >= 0.3 is 0 Å². The molecule has 0 spiro atoms. The summed E-state index contributed by atoms with van der Waals surface area (Å²) in [5.74, 6) is 0. The Morgan fingerprint density at radius 3 is 1.40 bits per heavy atom. The van der Waals surface area contributed by atoms with Crippen LogP contribution in [0.2, 0.25) is 0 Å². The highest BCUT2D eigenvalue weighted by Crippen LogP contribution is 2.45. The van der Waals surface area contributed by atoms with E-state index in [4.69, 9.17) is 4.11 Å². The molecule has 0 atom stereocenters. The van der Waals surface area contributed by atoms with E-state index in [0.717, 1.165) is 64.6 Å². The fourth-order valence-electron chi connectivity index (χ4n) is 7.84. The molecule has 48 heavy (non-hydrogen) atoms. The summed E-state index contributed by atoms with van der Waals surface area (Å²) in [7, 11) is 0. The van der Waals surface area contributed by atoms with Gasteiger partial charge in [0.15, 0.2) is 0 Å². The maximum absolute atomic E-state index is 9.70. The molecule has 0 nitrogen and oxygen atoms in total. The van der Waals surface area contributed by atoms with E-state index in [-0.39, 0.29) is 51.2 Å². The minimum Gasteiger partial charge on any atom is -0.0616 e. The molecule has 11 aromatic rings. The summed E-state index contributed by atoms with van der Waals surface area (Å²) in [6.45, 7) is 0. The fourth-order valence-corrected chi connectivity index (χ4v) is 7.84. The highest BCUT2D eigenvalue weighted by atomic mass is 14.2. The van der Waals surface area contributed by atoms with Gasteiger partial charge in [0.25, 0.3) is 0 Å². The van der Waals surface area contributed by atoms with Gasteiger partial charge in [-0.3, -0.25) is 0 Å². The van der Waals surface area contributed by atoms with Gasteiger partial charge in [0.2, 0.25) is 0 Å². The second kappa shape index (κ2) is 9.64. The molecule has 0 amide bonds. The molecule has 0 unspecified atom stereocenters.